The molecular weight excluding hydrogens is 564 g/mol. The van der Waals surface area contributed by atoms with Crippen LogP contribution in [0.4, 0.5) is 0 Å². The summed E-state index contributed by atoms with van der Waals surface area (Å²) in [5.41, 5.74) is 3.49. The third kappa shape index (κ3) is 7.22. The third-order valence-electron chi connectivity index (χ3n) is 8.42. The fourth-order valence-electron chi connectivity index (χ4n) is 5.79. The molecule has 1 saturated heterocycles. The van der Waals surface area contributed by atoms with Gasteiger partial charge in [0, 0.05) is 18.2 Å². The molecule has 2 aliphatic rings. The van der Waals surface area contributed by atoms with Crippen LogP contribution in [-0.4, -0.2) is 55.8 Å². The Morgan fingerprint density at radius 3 is 2.14 bits per heavy atom. The highest BCUT2D eigenvalue weighted by atomic mass is 32.2. The number of amides is 1. The maximum absolute atomic E-state index is 13.5. The Labute approximate surface area is 253 Å². The van der Waals surface area contributed by atoms with Crippen LogP contribution in [0.1, 0.15) is 56.7 Å². The lowest BCUT2D eigenvalue weighted by molar-refractivity contribution is -0.147. The minimum Gasteiger partial charge on any atom is -0.481 e. The number of sulfonamides is 1. The van der Waals surface area contributed by atoms with Crippen molar-refractivity contribution in [3.05, 3.63) is 90.0 Å². The quantitative estimate of drug-likeness (QED) is 0.342. The van der Waals surface area contributed by atoms with Gasteiger partial charge in [0.15, 0.2) is 0 Å². The van der Waals surface area contributed by atoms with Crippen molar-refractivity contribution in [3.8, 4) is 11.1 Å². The highest BCUT2D eigenvalue weighted by molar-refractivity contribution is 7.90. The van der Waals surface area contributed by atoms with E-state index in [0.717, 1.165) is 22.3 Å². The van der Waals surface area contributed by atoms with Gasteiger partial charge in [-0.2, -0.15) is 12.8 Å². The molecule has 1 aliphatic heterocycles. The van der Waals surface area contributed by atoms with Crippen LogP contribution in [0.25, 0.3) is 11.1 Å². The molecule has 3 aromatic carbocycles. The molecule has 3 aromatic rings. The topological polar surface area (TPSA) is 113 Å². The summed E-state index contributed by atoms with van der Waals surface area (Å²) >= 11 is 0. The molecule has 1 atom stereocenters. The smallest absolute Gasteiger partial charge is 0.309 e. The number of carbonyl (C=O) groups is 2. The van der Waals surface area contributed by atoms with Crippen LogP contribution in [-0.2, 0) is 30.8 Å². The number of carbonyl (C=O) groups excluding carboxylic acids is 1. The molecule has 226 valence electrons. The van der Waals surface area contributed by atoms with Gasteiger partial charge in [-0.3, -0.25) is 9.59 Å². The van der Waals surface area contributed by atoms with Gasteiger partial charge in [-0.05, 0) is 80.3 Å². The number of hydrogen-bond acceptors (Lipinski definition) is 5. The van der Waals surface area contributed by atoms with E-state index in [4.69, 9.17) is 4.74 Å². The van der Waals surface area contributed by atoms with Crippen molar-refractivity contribution >= 4 is 27.6 Å². The SMILES string of the molecule is CC(C)(Cc1ccc(-c2ccc(S(=O)(=O)N=C3CCC(C(=O)N4CCOC[C@@H]4c4ccccc4)CC3)cc2)cc1)C(=O)O. The standard InChI is InChI=1S/C34H38N2O6S/c1-34(2,33(38)39)22-24-8-10-25(11-9-24)26-14-18-30(19-15-26)43(40,41)35-29-16-12-28(13-17-29)32(37)36-20-21-42-23-31(36)27-6-4-3-5-7-27/h3-11,14-15,18-19,28,31H,12-13,16-17,20-23H2,1-2H3,(H,38,39)/t28?,31-/m1/s1. The molecule has 0 unspecified atom stereocenters. The van der Waals surface area contributed by atoms with Crippen LogP contribution in [0.5, 0.6) is 0 Å². The Bertz CT molecular complexity index is 1570. The van der Waals surface area contributed by atoms with Crippen molar-refractivity contribution in [2.45, 2.75) is 56.9 Å². The maximum atomic E-state index is 13.5. The van der Waals surface area contributed by atoms with E-state index in [1.54, 1.807) is 38.1 Å². The third-order valence-corrected chi connectivity index (χ3v) is 9.79. The first-order valence-corrected chi connectivity index (χ1v) is 16.2. The molecule has 1 heterocycles. The van der Waals surface area contributed by atoms with E-state index >= 15 is 0 Å². The lowest BCUT2D eigenvalue weighted by atomic mass is 9.85. The van der Waals surface area contributed by atoms with Crippen molar-refractivity contribution in [2.24, 2.45) is 15.7 Å². The van der Waals surface area contributed by atoms with Gasteiger partial charge in [-0.25, -0.2) is 0 Å². The molecule has 1 amide bonds. The minimum atomic E-state index is -3.88. The highest BCUT2D eigenvalue weighted by Crippen LogP contribution is 2.32. The second-order valence-corrected chi connectivity index (χ2v) is 13.6. The van der Waals surface area contributed by atoms with Gasteiger partial charge in [0.25, 0.3) is 10.0 Å². The number of carboxylic acid groups (broad SMARTS) is 1. The highest BCUT2D eigenvalue weighted by Gasteiger charge is 2.34. The normalized spacial score (nSPS) is 19.6. The molecule has 0 spiro atoms. The summed E-state index contributed by atoms with van der Waals surface area (Å²) in [6.45, 7) is 4.94. The maximum Gasteiger partial charge on any atom is 0.309 e. The van der Waals surface area contributed by atoms with Gasteiger partial charge < -0.3 is 14.7 Å². The summed E-state index contributed by atoms with van der Waals surface area (Å²) in [6, 6.07) is 24.1. The van der Waals surface area contributed by atoms with Crippen LogP contribution >= 0.6 is 0 Å². The molecule has 8 nitrogen and oxygen atoms in total. The largest absolute Gasteiger partial charge is 0.481 e. The summed E-state index contributed by atoms with van der Waals surface area (Å²) in [5.74, 6) is -0.899. The van der Waals surface area contributed by atoms with Crippen molar-refractivity contribution in [1.29, 1.82) is 0 Å². The van der Waals surface area contributed by atoms with Gasteiger partial charge >= 0.3 is 5.97 Å². The predicted molar refractivity (Wildman–Crippen MR) is 165 cm³/mol. The molecule has 9 heteroatoms. The molecule has 0 bridgehead atoms. The first kappa shape index (κ1) is 30.6. The number of ether oxygens (including phenoxy) is 1. The van der Waals surface area contributed by atoms with Crippen LogP contribution in [0.15, 0.2) is 88.2 Å². The van der Waals surface area contributed by atoms with Gasteiger partial charge in [-0.15, -0.1) is 0 Å². The molecule has 2 fully saturated rings. The van der Waals surface area contributed by atoms with Crippen molar-refractivity contribution in [1.82, 2.24) is 4.90 Å². The summed E-state index contributed by atoms with van der Waals surface area (Å²) < 4.78 is 36.1. The number of nitrogens with zero attached hydrogens (tertiary/aromatic N) is 2. The second kappa shape index (κ2) is 12.8. The van der Waals surface area contributed by atoms with Crippen molar-refractivity contribution in [3.63, 3.8) is 0 Å². The Morgan fingerprint density at radius 2 is 1.53 bits per heavy atom. The summed E-state index contributed by atoms with van der Waals surface area (Å²) in [7, 11) is -3.88. The van der Waals surface area contributed by atoms with Gasteiger partial charge in [-0.1, -0.05) is 66.7 Å². The predicted octanol–water partition coefficient (Wildman–Crippen LogP) is 5.93. The Kier molecular flexibility index (Phi) is 9.13. The summed E-state index contributed by atoms with van der Waals surface area (Å²) in [6.07, 6.45) is 2.50. The molecule has 1 aliphatic carbocycles. The summed E-state index contributed by atoms with van der Waals surface area (Å²) in [5, 5.41) is 9.38. The lowest BCUT2D eigenvalue weighted by Gasteiger charge is -2.38. The number of aliphatic carboxylic acids is 1. The number of morpholine rings is 1. The number of benzene rings is 3. The molecule has 5 rings (SSSR count). The van der Waals surface area contributed by atoms with E-state index in [1.807, 2.05) is 59.5 Å². The lowest BCUT2D eigenvalue weighted by Crippen LogP contribution is -2.46. The van der Waals surface area contributed by atoms with Gasteiger partial charge in [0.2, 0.25) is 5.91 Å². The van der Waals surface area contributed by atoms with Crippen molar-refractivity contribution in [2.75, 3.05) is 19.8 Å². The first-order valence-electron chi connectivity index (χ1n) is 14.7. The molecule has 1 N–H and O–H groups in total. The zero-order valence-corrected chi connectivity index (χ0v) is 25.4. The average molecular weight is 603 g/mol. The van der Waals surface area contributed by atoms with E-state index in [9.17, 15) is 23.1 Å². The Hall–Kier alpha value is -3.82. The Balaban J connectivity index is 1.20. The first-order chi connectivity index (χ1) is 20.5. The molecular formula is C34H38N2O6S. The number of rotatable bonds is 8. The molecule has 0 aromatic heterocycles. The fraction of sp³-hybridized carbons (Fsp3) is 0.382. The van der Waals surface area contributed by atoms with Crippen LogP contribution in [0, 0.1) is 11.3 Å². The van der Waals surface area contributed by atoms with E-state index in [1.165, 1.54) is 0 Å². The van der Waals surface area contributed by atoms with E-state index in [2.05, 4.69) is 4.40 Å². The zero-order valence-electron chi connectivity index (χ0n) is 24.6. The van der Waals surface area contributed by atoms with Crippen LogP contribution < -0.4 is 0 Å². The van der Waals surface area contributed by atoms with E-state index < -0.39 is 21.4 Å². The second-order valence-electron chi connectivity index (χ2n) is 12.0. The number of hydrogen-bond donors (Lipinski definition) is 1. The van der Waals surface area contributed by atoms with Crippen LogP contribution in [0.3, 0.4) is 0 Å². The monoisotopic (exact) mass is 602 g/mol. The van der Waals surface area contributed by atoms with E-state index in [-0.39, 0.29) is 22.8 Å². The van der Waals surface area contributed by atoms with Gasteiger partial charge in [0.1, 0.15) is 0 Å². The summed E-state index contributed by atoms with van der Waals surface area (Å²) in [4.78, 5) is 27.0. The minimum absolute atomic E-state index is 0.105. The number of carboxylic acids is 1. The van der Waals surface area contributed by atoms with Crippen molar-refractivity contribution < 1.29 is 27.9 Å². The average Bonchev–Trinajstić information content (AvgIpc) is 3.01. The van der Waals surface area contributed by atoms with E-state index in [0.29, 0.717) is 57.6 Å². The zero-order chi connectivity index (χ0) is 30.6. The molecule has 0 radical (unpaired) electrons. The Morgan fingerprint density at radius 1 is 0.930 bits per heavy atom. The van der Waals surface area contributed by atoms with Crippen LogP contribution in [0.2, 0.25) is 0 Å². The molecule has 43 heavy (non-hydrogen) atoms. The van der Waals surface area contributed by atoms with Gasteiger partial charge in [0.05, 0.1) is 29.6 Å². The fourth-order valence-corrected chi connectivity index (χ4v) is 6.89. The molecule has 1 saturated carbocycles.